The number of furan rings is 1. The average Bonchev–Trinajstić information content (AvgIpc) is 3.13. The first-order valence-corrected chi connectivity index (χ1v) is 7.25. The zero-order chi connectivity index (χ0) is 14.2. The highest BCUT2D eigenvalue weighted by molar-refractivity contribution is 5.93. The molecule has 0 unspecified atom stereocenters. The number of carbonyl (C=O) groups is 1. The maximum Gasteiger partial charge on any atom is 0.290 e. The monoisotopic (exact) mass is 270 g/mol. The summed E-state index contributed by atoms with van der Waals surface area (Å²) in [5.74, 6) is 0.787. The molecule has 1 aromatic rings. The van der Waals surface area contributed by atoms with Gasteiger partial charge in [0.1, 0.15) is 5.54 Å². The molecule has 104 valence electrons. The van der Waals surface area contributed by atoms with Gasteiger partial charge in [0.2, 0.25) is 0 Å². The van der Waals surface area contributed by atoms with Crippen molar-refractivity contribution in [2.75, 3.05) is 6.54 Å². The lowest BCUT2D eigenvalue weighted by molar-refractivity contribution is 0.0400. The van der Waals surface area contributed by atoms with Crippen LogP contribution in [0.2, 0.25) is 0 Å². The summed E-state index contributed by atoms with van der Waals surface area (Å²) in [6, 6.07) is 5.92. The molecule has 3 aliphatic rings. The molecule has 0 aromatic carbocycles. The van der Waals surface area contributed by atoms with Crippen molar-refractivity contribution in [1.82, 2.24) is 4.90 Å². The second-order valence-electron chi connectivity index (χ2n) is 7.03. The highest BCUT2D eigenvalue weighted by Gasteiger charge is 2.79. The third-order valence-electron chi connectivity index (χ3n) is 6.72. The summed E-state index contributed by atoms with van der Waals surface area (Å²) in [4.78, 5) is 14.5. The number of rotatable bonds is 1. The highest BCUT2D eigenvalue weighted by Crippen LogP contribution is 2.75. The molecule has 1 aliphatic heterocycles. The van der Waals surface area contributed by atoms with Crippen LogP contribution < -0.4 is 0 Å². The van der Waals surface area contributed by atoms with E-state index >= 15 is 0 Å². The van der Waals surface area contributed by atoms with Crippen LogP contribution in [0.5, 0.6) is 0 Å². The molecular weight excluding hydrogens is 252 g/mol. The fraction of sp³-hybridized carbons (Fsp3) is 0.625. The normalized spacial score (nSPS) is 44.9. The molecule has 3 fully saturated rings. The summed E-state index contributed by atoms with van der Waals surface area (Å²) in [6.45, 7) is 5.15. The SMILES string of the molecule is C[C@@]12CC[C@H]3C[C@@]1(C#N)N(C(=O)c1ccco1)C[C@@]32C. The van der Waals surface area contributed by atoms with E-state index < -0.39 is 5.54 Å². The lowest BCUT2D eigenvalue weighted by atomic mass is 9.66. The topological polar surface area (TPSA) is 57.2 Å². The van der Waals surface area contributed by atoms with Crippen LogP contribution in [-0.4, -0.2) is 22.9 Å². The molecule has 2 heterocycles. The number of piperidine rings is 1. The van der Waals surface area contributed by atoms with Gasteiger partial charge < -0.3 is 9.32 Å². The third-order valence-corrected chi connectivity index (χ3v) is 6.72. The van der Waals surface area contributed by atoms with E-state index in [-0.39, 0.29) is 16.7 Å². The number of nitrogens with zero attached hydrogens (tertiary/aromatic N) is 2. The summed E-state index contributed by atoms with van der Waals surface area (Å²) >= 11 is 0. The van der Waals surface area contributed by atoms with Gasteiger partial charge in [-0.1, -0.05) is 13.8 Å². The smallest absolute Gasteiger partial charge is 0.290 e. The van der Waals surface area contributed by atoms with Crippen molar-refractivity contribution in [3.8, 4) is 6.07 Å². The van der Waals surface area contributed by atoms with Gasteiger partial charge in [0.05, 0.1) is 12.3 Å². The summed E-state index contributed by atoms with van der Waals surface area (Å²) in [5, 5.41) is 9.89. The number of carbonyl (C=O) groups excluding carboxylic acids is 1. The van der Waals surface area contributed by atoms with E-state index in [4.69, 9.17) is 4.42 Å². The van der Waals surface area contributed by atoms with Gasteiger partial charge in [-0.3, -0.25) is 4.79 Å². The quantitative estimate of drug-likeness (QED) is 0.788. The van der Waals surface area contributed by atoms with E-state index in [9.17, 15) is 10.1 Å². The van der Waals surface area contributed by atoms with Crippen LogP contribution in [0.15, 0.2) is 22.8 Å². The summed E-state index contributed by atoms with van der Waals surface area (Å²) in [7, 11) is 0. The van der Waals surface area contributed by atoms with Crippen molar-refractivity contribution in [3.63, 3.8) is 0 Å². The Bertz CT molecular complexity index is 631. The van der Waals surface area contributed by atoms with Crippen LogP contribution in [0, 0.1) is 28.1 Å². The molecule has 4 atom stereocenters. The van der Waals surface area contributed by atoms with Crippen LogP contribution in [-0.2, 0) is 0 Å². The van der Waals surface area contributed by atoms with Gasteiger partial charge in [0.25, 0.3) is 5.91 Å². The van der Waals surface area contributed by atoms with Gasteiger partial charge in [-0.05, 0) is 42.7 Å². The van der Waals surface area contributed by atoms with E-state index in [1.165, 1.54) is 12.7 Å². The van der Waals surface area contributed by atoms with Crippen LogP contribution in [0.4, 0.5) is 0 Å². The maximum absolute atomic E-state index is 12.7. The Morgan fingerprint density at radius 2 is 2.35 bits per heavy atom. The molecule has 2 saturated carbocycles. The molecule has 0 spiro atoms. The number of hydrogen-bond acceptors (Lipinski definition) is 3. The van der Waals surface area contributed by atoms with Gasteiger partial charge in [0, 0.05) is 12.0 Å². The number of amides is 1. The largest absolute Gasteiger partial charge is 0.459 e. The van der Waals surface area contributed by atoms with Gasteiger partial charge in [-0.2, -0.15) is 5.26 Å². The summed E-state index contributed by atoms with van der Waals surface area (Å²) in [6.07, 6.45) is 4.57. The Morgan fingerprint density at radius 1 is 1.55 bits per heavy atom. The van der Waals surface area contributed by atoms with Gasteiger partial charge in [-0.25, -0.2) is 0 Å². The first kappa shape index (κ1) is 12.0. The molecule has 1 saturated heterocycles. The maximum atomic E-state index is 12.7. The standard InChI is InChI=1S/C16H18N2O2/c1-14-10-18(13(19)12-4-3-7-20-12)16(9-17)8-11(14)5-6-15(14,16)2/h3-4,7,11H,5-6,8,10H2,1-2H3/t11-,14-,15-,16-/m0/s1. The zero-order valence-electron chi connectivity index (χ0n) is 11.8. The average molecular weight is 270 g/mol. The number of likely N-dealkylation sites (tertiary alicyclic amines) is 1. The Labute approximate surface area is 118 Å². The number of nitriles is 1. The minimum atomic E-state index is -0.644. The number of hydrogen-bond donors (Lipinski definition) is 0. The van der Waals surface area contributed by atoms with Crippen LogP contribution in [0.3, 0.4) is 0 Å². The molecule has 1 aromatic heterocycles. The molecule has 4 bridgehead atoms. The molecule has 1 amide bonds. The predicted molar refractivity (Wildman–Crippen MR) is 71.6 cm³/mol. The predicted octanol–water partition coefficient (Wildman–Crippen LogP) is 2.82. The lowest BCUT2D eigenvalue weighted by Gasteiger charge is -2.42. The second kappa shape index (κ2) is 3.28. The van der Waals surface area contributed by atoms with Gasteiger partial charge >= 0.3 is 0 Å². The van der Waals surface area contributed by atoms with Crippen LogP contribution in [0.1, 0.15) is 43.7 Å². The Hall–Kier alpha value is -1.76. The Morgan fingerprint density at radius 3 is 2.95 bits per heavy atom. The second-order valence-corrected chi connectivity index (χ2v) is 7.03. The summed E-state index contributed by atoms with van der Waals surface area (Å²) < 4.78 is 5.25. The zero-order valence-corrected chi connectivity index (χ0v) is 11.8. The molecular formula is C16H18N2O2. The fourth-order valence-electron chi connectivity index (χ4n) is 5.29. The molecule has 0 radical (unpaired) electrons. The fourth-order valence-corrected chi connectivity index (χ4v) is 5.29. The van der Waals surface area contributed by atoms with Crippen molar-refractivity contribution in [1.29, 1.82) is 5.26 Å². The van der Waals surface area contributed by atoms with Crippen LogP contribution >= 0.6 is 0 Å². The van der Waals surface area contributed by atoms with E-state index in [0.29, 0.717) is 18.2 Å². The molecule has 4 heteroatoms. The minimum Gasteiger partial charge on any atom is -0.459 e. The van der Waals surface area contributed by atoms with Crippen molar-refractivity contribution < 1.29 is 9.21 Å². The minimum absolute atomic E-state index is 0.0744. The van der Waals surface area contributed by atoms with Crippen molar-refractivity contribution in [2.24, 2.45) is 16.7 Å². The first-order chi connectivity index (χ1) is 9.48. The molecule has 0 N–H and O–H groups in total. The Balaban J connectivity index is 1.82. The van der Waals surface area contributed by atoms with Crippen LogP contribution in [0.25, 0.3) is 0 Å². The van der Waals surface area contributed by atoms with Crippen molar-refractivity contribution in [3.05, 3.63) is 24.2 Å². The van der Waals surface area contributed by atoms with E-state index in [1.807, 2.05) is 0 Å². The molecule has 2 aliphatic carbocycles. The highest BCUT2D eigenvalue weighted by atomic mass is 16.3. The van der Waals surface area contributed by atoms with Gasteiger partial charge in [-0.15, -0.1) is 0 Å². The Kier molecular flexibility index (Phi) is 1.97. The van der Waals surface area contributed by atoms with Gasteiger partial charge in [0.15, 0.2) is 5.76 Å². The van der Waals surface area contributed by atoms with Crippen molar-refractivity contribution in [2.45, 2.75) is 38.6 Å². The lowest BCUT2D eigenvalue weighted by Crippen LogP contribution is -2.54. The van der Waals surface area contributed by atoms with Crippen molar-refractivity contribution >= 4 is 5.91 Å². The molecule has 20 heavy (non-hydrogen) atoms. The summed E-state index contributed by atoms with van der Waals surface area (Å²) in [5.41, 5.74) is -0.652. The van der Waals surface area contributed by atoms with E-state index in [0.717, 1.165) is 12.8 Å². The first-order valence-electron chi connectivity index (χ1n) is 7.25. The molecule has 4 nitrogen and oxygen atoms in total. The van der Waals surface area contributed by atoms with E-state index in [1.54, 1.807) is 17.0 Å². The van der Waals surface area contributed by atoms with E-state index in [2.05, 4.69) is 19.9 Å². The molecule has 4 rings (SSSR count). The third kappa shape index (κ3) is 0.974.